The number of amides is 1. The van der Waals surface area contributed by atoms with Gasteiger partial charge in [0.2, 0.25) is 5.91 Å². The SMILES string of the molecule is Cc1cc(CNC(=O)Cc2cccc(O)c2)no1. The molecule has 0 fully saturated rings. The minimum atomic E-state index is -0.124. The van der Waals surface area contributed by atoms with E-state index in [2.05, 4.69) is 10.5 Å². The number of benzene rings is 1. The van der Waals surface area contributed by atoms with Crippen LogP contribution in [0.15, 0.2) is 34.9 Å². The molecule has 94 valence electrons. The van der Waals surface area contributed by atoms with Crippen LogP contribution in [0.4, 0.5) is 0 Å². The second-order valence-corrected chi connectivity index (χ2v) is 4.05. The first-order valence-electron chi connectivity index (χ1n) is 5.60. The van der Waals surface area contributed by atoms with Gasteiger partial charge in [0, 0.05) is 6.07 Å². The van der Waals surface area contributed by atoms with Crippen LogP contribution in [0.25, 0.3) is 0 Å². The largest absolute Gasteiger partial charge is 0.508 e. The van der Waals surface area contributed by atoms with Gasteiger partial charge < -0.3 is 14.9 Å². The fraction of sp³-hybridized carbons (Fsp3) is 0.231. The van der Waals surface area contributed by atoms with Gasteiger partial charge in [-0.05, 0) is 24.6 Å². The Morgan fingerprint density at radius 1 is 1.44 bits per heavy atom. The fourth-order valence-corrected chi connectivity index (χ4v) is 1.60. The Kier molecular flexibility index (Phi) is 3.62. The normalized spacial score (nSPS) is 10.3. The van der Waals surface area contributed by atoms with Gasteiger partial charge in [-0.15, -0.1) is 0 Å². The van der Waals surface area contributed by atoms with Crippen molar-refractivity contribution in [3.8, 4) is 5.75 Å². The Labute approximate surface area is 104 Å². The van der Waals surface area contributed by atoms with E-state index in [1.54, 1.807) is 37.3 Å². The topological polar surface area (TPSA) is 75.4 Å². The maximum atomic E-state index is 11.7. The summed E-state index contributed by atoms with van der Waals surface area (Å²) in [6.45, 7) is 2.14. The molecule has 0 radical (unpaired) electrons. The average molecular weight is 246 g/mol. The number of aromatic nitrogens is 1. The third-order valence-electron chi connectivity index (χ3n) is 2.42. The Morgan fingerprint density at radius 3 is 2.94 bits per heavy atom. The van der Waals surface area contributed by atoms with Gasteiger partial charge >= 0.3 is 0 Å². The number of carbonyl (C=O) groups is 1. The second-order valence-electron chi connectivity index (χ2n) is 4.05. The number of phenolic OH excluding ortho intramolecular Hbond substituents is 1. The first-order chi connectivity index (χ1) is 8.63. The van der Waals surface area contributed by atoms with E-state index in [9.17, 15) is 9.90 Å². The number of aryl methyl sites for hydroxylation is 1. The first kappa shape index (κ1) is 12.2. The molecule has 0 aliphatic rings. The summed E-state index contributed by atoms with van der Waals surface area (Å²) in [6.07, 6.45) is 0.227. The Bertz CT molecular complexity index is 549. The molecule has 1 aromatic heterocycles. The van der Waals surface area contributed by atoms with Crippen molar-refractivity contribution in [3.05, 3.63) is 47.3 Å². The third kappa shape index (κ3) is 3.35. The van der Waals surface area contributed by atoms with Gasteiger partial charge in [0.25, 0.3) is 0 Å². The molecule has 5 heteroatoms. The van der Waals surface area contributed by atoms with Crippen LogP contribution in [0, 0.1) is 6.92 Å². The molecule has 0 aliphatic carbocycles. The van der Waals surface area contributed by atoms with E-state index in [0.717, 1.165) is 5.56 Å². The van der Waals surface area contributed by atoms with Crippen molar-refractivity contribution in [3.63, 3.8) is 0 Å². The zero-order chi connectivity index (χ0) is 13.0. The van der Waals surface area contributed by atoms with E-state index in [-0.39, 0.29) is 18.1 Å². The highest BCUT2D eigenvalue weighted by Crippen LogP contribution is 2.11. The van der Waals surface area contributed by atoms with Crippen molar-refractivity contribution >= 4 is 5.91 Å². The van der Waals surface area contributed by atoms with Crippen molar-refractivity contribution in [2.24, 2.45) is 0 Å². The van der Waals surface area contributed by atoms with E-state index in [0.29, 0.717) is 18.0 Å². The summed E-state index contributed by atoms with van der Waals surface area (Å²) in [6, 6.07) is 8.41. The van der Waals surface area contributed by atoms with Gasteiger partial charge in [0.05, 0.1) is 13.0 Å². The van der Waals surface area contributed by atoms with Crippen LogP contribution >= 0.6 is 0 Å². The van der Waals surface area contributed by atoms with Crippen LogP contribution in [-0.2, 0) is 17.8 Å². The van der Waals surface area contributed by atoms with Gasteiger partial charge in [-0.2, -0.15) is 0 Å². The molecule has 0 spiro atoms. The summed E-state index contributed by atoms with van der Waals surface area (Å²) in [4.78, 5) is 11.7. The van der Waals surface area contributed by atoms with Gasteiger partial charge in [-0.1, -0.05) is 17.3 Å². The lowest BCUT2D eigenvalue weighted by atomic mass is 10.1. The predicted molar refractivity (Wildman–Crippen MR) is 64.9 cm³/mol. The Morgan fingerprint density at radius 2 is 2.28 bits per heavy atom. The number of aromatic hydroxyl groups is 1. The fourth-order valence-electron chi connectivity index (χ4n) is 1.60. The first-order valence-corrected chi connectivity index (χ1v) is 5.60. The highest BCUT2D eigenvalue weighted by atomic mass is 16.5. The van der Waals surface area contributed by atoms with Crippen LogP contribution in [-0.4, -0.2) is 16.2 Å². The maximum absolute atomic E-state index is 11.7. The summed E-state index contributed by atoms with van der Waals surface area (Å²) in [7, 11) is 0. The molecule has 0 saturated carbocycles. The number of hydrogen-bond acceptors (Lipinski definition) is 4. The van der Waals surface area contributed by atoms with Crippen LogP contribution in [0.5, 0.6) is 5.75 Å². The minimum absolute atomic E-state index is 0.124. The molecule has 2 N–H and O–H groups in total. The Balaban J connectivity index is 1.85. The summed E-state index contributed by atoms with van der Waals surface area (Å²) in [5, 5.41) is 15.8. The number of nitrogens with one attached hydrogen (secondary N) is 1. The molecule has 1 amide bonds. The van der Waals surface area contributed by atoms with Crippen LogP contribution in [0.2, 0.25) is 0 Å². The zero-order valence-corrected chi connectivity index (χ0v) is 10.0. The molecule has 0 aliphatic heterocycles. The summed E-state index contributed by atoms with van der Waals surface area (Å²) >= 11 is 0. The highest BCUT2D eigenvalue weighted by Gasteiger charge is 2.06. The molecule has 0 atom stereocenters. The van der Waals surface area contributed by atoms with Gasteiger partial charge in [0.15, 0.2) is 0 Å². The van der Waals surface area contributed by atoms with E-state index < -0.39 is 0 Å². The second kappa shape index (κ2) is 5.35. The predicted octanol–water partition coefficient (Wildman–Crippen LogP) is 1.55. The van der Waals surface area contributed by atoms with E-state index >= 15 is 0 Å². The summed E-state index contributed by atoms with van der Waals surface area (Å²) < 4.78 is 4.90. The number of carbonyl (C=O) groups excluding carboxylic acids is 1. The van der Waals surface area contributed by atoms with Crippen molar-refractivity contribution in [2.45, 2.75) is 19.9 Å². The molecule has 5 nitrogen and oxygen atoms in total. The number of hydrogen-bond donors (Lipinski definition) is 2. The molecule has 1 heterocycles. The van der Waals surface area contributed by atoms with Crippen molar-refractivity contribution < 1.29 is 14.4 Å². The van der Waals surface area contributed by atoms with E-state index in [4.69, 9.17) is 4.52 Å². The van der Waals surface area contributed by atoms with Gasteiger partial charge in [0.1, 0.15) is 17.2 Å². The lowest BCUT2D eigenvalue weighted by Gasteiger charge is -2.03. The summed E-state index contributed by atoms with van der Waals surface area (Å²) in [5.74, 6) is 0.751. The monoisotopic (exact) mass is 246 g/mol. The average Bonchev–Trinajstić information content (AvgIpc) is 2.73. The van der Waals surface area contributed by atoms with Crippen molar-refractivity contribution in [2.75, 3.05) is 0 Å². The maximum Gasteiger partial charge on any atom is 0.224 e. The van der Waals surface area contributed by atoms with Crippen LogP contribution in [0.1, 0.15) is 17.0 Å². The zero-order valence-electron chi connectivity index (χ0n) is 10.0. The van der Waals surface area contributed by atoms with E-state index in [1.807, 2.05) is 0 Å². The van der Waals surface area contributed by atoms with Gasteiger partial charge in [-0.25, -0.2) is 0 Å². The number of phenols is 1. The molecule has 0 saturated heterocycles. The van der Waals surface area contributed by atoms with Crippen LogP contribution in [0.3, 0.4) is 0 Å². The quantitative estimate of drug-likeness (QED) is 0.858. The minimum Gasteiger partial charge on any atom is -0.508 e. The third-order valence-corrected chi connectivity index (χ3v) is 2.42. The smallest absolute Gasteiger partial charge is 0.224 e. The lowest BCUT2D eigenvalue weighted by molar-refractivity contribution is -0.120. The van der Waals surface area contributed by atoms with Crippen LogP contribution < -0.4 is 5.32 Å². The van der Waals surface area contributed by atoms with Gasteiger partial charge in [-0.3, -0.25) is 4.79 Å². The molecule has 2 rings (SSSR count). The molecule has 0 bridgehead atoms. The number of rotatable bonds is 4. The molecular weight excluding hydrogens is 232 g/mol. The molecule has 0 unspecified atom stereocenters. The highest BCUT2D eigenvalue weighted by molar-refractivity contribution is 5.78. The standard InChI is InChI=1S/C13H14N2O3/c1-9-5-11(15-18-9)8-14-13(17)7-10-3-2-4-12(16)6-10/h2-6,16H,7-8H2,1H3,(H,14,17). The lowest BCUT2D eigenvalue weighted by Crippen LogP contribution is -2.24. The Hall–Kier alpha value is -2.30. The molecule has 2 aromatic rings. The molecular formula is C13H14N2O3. The van der Waals surface area contributed by atoms with Crippen molar-refractivity contribution in [1.29, 1.82) is 0 Å². The molecule has 1 aromatic carbocycles. The molecule has 18 heavy (non-hydrogen) atoms. The number of nitrogens with zero attached hydrogens (tertiary/aromatic N) is 1. The summed E-state index contributed by atoms with van der Waals surface area (Å²) in [5.41, 5.74) is 1.46. The van der Waals surface area contributed by atoms with E-state index in [1.165, 1.54) is 0 Å². The van der Waals surface area contributed by atoms with Crippen molar-refractivity contribution in [1.82, 2.24) is 10.5 Å².